The number of ether oxygens (including phenoxy) is 1. The van der Waals surface area contributed by atoms with Gasteiger partial charge in [0.25, 0.3) is 5.91 Å². The van der Waals surface area contributed by atoms with Gasteiger partial charge in [0.15, 0.2) is 0 Å². The van der Waals surface area contributed by atoms with Gasteiger partial charge < -0.3 is 9.64 Å². The highest BCUT2D eigenvalue weighted by molar-refractivity contribution is 9.10. The molecule has 0 aromatic heterocycles. The topological polar surface area (TPSA) is 29.5 Å². The van der Waals surface area contributed by atoms with Gasteiger partial charge >= 0.3 is 0 Å². The molecule has 1 amide bonds. The Bertz CT molecular complexity index is 422. The number of carbonyl (C=O) groups excluding carboxylic acids is 1. The predicted molar refractivity (Wildman–Crippen MR) is 77.1 cm³/mol. The molecule has 1 aromatic carbocycles. The van der Waals surface area contributed by atoms with Gasteiger partial charge in [-0.2, -0.15) is 0 Å². The molecule has 0 bridgehead atoms. The molecule has 0 aliphatic rings. The minimum absolute atomic E-state index is 0.0331. The average molecular weight is 314 g/mol. The van der Waals surface area contributed by atoms with Crippen LogP contribution in [0.5, 0.6) is 5.75 Å². The molecule has 1 rings (SSSR count). The number of halogens is 1. The standard InChI is InChI=1S/C14H20BrNO2/c1-9(2)16(10(3)4)14(17)11-6-7-12(15)13(8-11)18-5/h6-10H,1-5H3. The molecule has 1 aromatic rings. The molecular weight excluding hydrogens is 294 g/mol. The first-order valence-electron chi connectivity index (χ1n) is 6.04. The van der Waals surface area contributed by atoms with Crippen molar-refractivity contribution in [2.45, 2.75) is 39.8 Å². The Hall–Kier alpha value is -1.03. The van der Waals surface area contributed by atoms with Crippen LogP contribution in [-0.2, 0) is 0 Å². The van der Waals surface area contributed by atoms with Crippen molar-refractivity contribution in [1.29, 1.82) is 0 Å². The second-order valence-electron chi connectivity index (χ2n) is 4.75. The highest BCUT2D eigenvalue weighted by Crippen LogP contribution is 2.26. The van der Waals surface area contributed by atoms with Crippen molar-refractivity contribution in [1.82, 2.24) is 4.90 Å². The van der Waals surface area contributed by atoms with Crippen LogP contribution in [0.25, 0.3) is 0 Å². The second kappa shape index (κ2) is 6.23. The Morgan fingerprint density at radius 2 is 1.78 bits per heavy atom. The first-order chi connectivity index (χ1) is 8.38. The summed E-state index contributed by atoms with van der Waals surface area (Å²) in [5.41, 5.74) is 0.650. The van der Waals surface area contributed by atoms with Crippen molar-refractivity contribution in [3.8, 4) is 5.75 Å². The van der Waals surface area contributed by atoms with E-state index in [2.05, 4.69) is 15.9 Å². The minimum atomic E-state index is 0.0331. The van der Waals surface area contributed by atoms with E-state index < -0.39 is 0 Å². The number of nitrogens with zero attached hydrogens (tertiary/aromatic N) is 1. The van der Waals surface area contributed by atoms with Crippen LogP contribution in [0.2, 0.25) is 0 Å². The van der Waals surface area contributed by atoms with Gasteiger partial charge in [-0.05, 0) is 61.8 Å². The molecule has 4 heteroatoms. The third-order valence-corrected chi connectivity index (χ3v) is 3.40. The quantitative estimate of drug-likeness (QED) is 0.848. The maximum Gasteiger partial charge on any atom is 0.254 e. The summed E-state index contributed by atoms with van der Waals surface area (Å²) in [5, 5.41) is 0. The molecule has 0 aliphatic heterocycles. The summed E-state index contributed by atoms with van der Waals surface area (Å²) in [6.45, 7) is 8.09. The highest BCUT2D eigenvalue weighted by Gasteiger charge is 2.22. The van der Waals surface area contributed by atoms with E-state index >= 15 is 0 Å². The summed E-state index contributed by atoms with van der Waals surface area (Å²) in [6, 6.07) is 5.76. The van der Waals surface area contributed by atoms with E-state index in [1.165, 1.54) is 0 Å². The SMILES string of the molecule is COc1cc(C(=O)N(C(C)C)C(C)C)ccc1Br. The summed E-state index contributed by atoms with van der Waals surface area (Å²) in [6.07, 6.45) is 0. The molecule has 0 saturated heterocycles. The van der Waals surface area contributed by atoms with E-state index in [1.807, 2.05) is 44.7 Å². The van der Waals surface area contributed by atoms with Crippen molar-refractivity contribution in [3.05, 3.63) is 28.2 Å². The van der Waals surface area contributed by atoms with E-state index in [0.717, 1.165) is 4.47 Å². The molecule has 0 saturated carbocycles. The molecule has 0 fully saturated rings. The van der Waals surface area contributed by atoms with Crippen molar-refractivity contribution in [3.63, 3.8) is 0 Å². The summed E-state index contributed by atoms with van der Waals surface area (Å²) >= 11 is 3.38. The normalized spacial score (nSPS) is 10.9. The van der Waals surface area contributed by atoms with E-state index in [9.17, 15) is 4.79 Å². The van der Waals surface area contributed by atoms with Gasteiger partial charge in [0.2, 0.25) is 0 Å². The molecule has 0 atom stereocenters. The Morgan fingerprint density at radius 1 is 1.22 bits per heavy atom. The van der Waals surface area contributed by atoms with Crippen LogP contribution in [0.4, 0.5) is 0 Å². The second-order valence-corrected chi connectivity index (χ2v) is 5.60. The number of rotatable bonds is 4. The first kappa shape index (κ1) is 15.0. The fourth-order valence-electron chi connectivity index (χ4n) is 2.01. The number of amides is 1. The van der Waals surface area contributed by atoms with Gasteiger partial charge in [0.05, 0.1) is 11.6 Å². The van der Waals surface area contributed by atoms with Crippen molar-refractivity contribution < 1.29 is 9.53 Å². The summed E-state index contributed by atoms with van der Waals surface area (Å²) in [4.78, 5) is 14.3. The number of hydrogen-bond donors (Lipinski definition) is 0. The lowest BCUT2D eigenvalue weighted by Crippen LogP contribution is -2.42. The third-order valence-electron chi connectivity index (χ3n) is 2.75. The summed E-state index contributed by atoms with van der Waals surface area (Å²) < 4.78 is 6.07. The smallest absolute Gasteiger partial charge is 0.254 e. The van der Waals surface area contributed by atoms with Gasteiger partial charge in [-0.1, -0.05) is 0 Å². The summed E-state index contributed by atoms with van der Waals surface area (Å²) in [7, 11) is 1.59. The number of benzene rings is 1. The first-order valence-corrected chi connectivity index (χ1v) is 6.84. The van der Waals surface area contributed by atoms with E-state index in [4.69, 9.17) is 4.74 Å². The zero-order chi connectivity index (χ0) is 13.9. The molecule has 18 heavy (non-hydrogen) atoms. The number of methoxy groups -OCH3 is 1. The van der Waals surface area contributed by atoms with Crippen LogP contribution in [0, 0.1) is 0 Å². The lowest BCUT2D eigenvalue weighted by molar-refractivity contribution is 0.0643. The highest BCUT2D eigenvalue weighted by atomic mass is 79.9. The van der Waals surface area contributed by atoms with Crippen LogP contribution in [0.3, 0.4) is 0 Å². The van der Waals surface area contributed by atoms with Crippen LogP contribution in [0.15, 0.2) is 22.7 Å². The van der Waals surface area contributed by atoms with Gasteiger partial charge in [-0.15, -0.1) is 0 Å². The largest absolute Gasteiger partial charge is 0.496 e. The molecule has 0 spiro atoms. The lowest BCUT2D eigenvalue weighted by atomic mass is 10.1. The van der Waals surface area contributed by atoms with Crippen LogP contribution < -0.4 is 4.74 Å². The Balaban J connectivity index is 3.09. The average Bonchev–Trinajstić information content (AvgIpc) is 2.28. The lowest BCUT2D eigenvalue weighted by Gasteiger charge is -2.31. The van der Waals surface area contributed by atoms with Crippen LogP contribution in [-0.4, -0.2) is 30.0 Å². The molecule has 0 heterocycles. The van der Waals surface area contributed by atoms with Crippen LogP contribution in [0.1, 0.15) is 38.1 Å². The van der Waals surface area contributed by atoms with Gasteiger partial charge in [-0.3, -0.25) is 4.79 Å². The molecule has 0 radical (unpaired) electrons. The summed E-state index contributed by atoms with van der Waals surface area (Å²) in [5.74, 6) is 0.708. The Morgan fingerprint density at radius 3 is 2.22 bits per heavy atom. The fourth-order valence-corrected chi connectivity index (χ4v) is 2.42. The monoisotopic (exact) mass is 313 g/mol. The van der Waals surface area contributed by atoms with Crippen molar-refractivity contribution >= 4 is 21.8 Å². The predicted octanol–water partition coefficient (Wildman–Crippen LogP) is 3.72. The molecular formula is C14H20BrNO2. The molecule has 0 aliphatic carbocycles. The molecule has 0 unspecified atom stereocenters. The fraction of sp³-hybridized carbons (Fsp3) is 0.500. The molecule has 3 nitrogen and oxygen atoms in total. The van der Waals surface area contributed by atoms with E-state index in [0.29, 0.717) is 11.3 Å². The molecule has 0 N–H and O–H groups in total. The number of hydrogen-bond acceptors (Lipinski definition) is 2. The van der Waals surface area contributed by atoms with Crippen molar-refractivity contribution in [2.24, 2.45) is 0 Å². The Kier molecular flexibility index (Phi) is 5.20. The third kappa shape index (κ3) is 3.25. The zero-order valence-electron chi connectivity index (χ0n) is 11.5. The Labute approximate surface area is 117 Å². The zero-order valence-corrected chi connectivity index (χ0v) is 13.1. The van der Waals surface area contributed by atoms with E-state index in [1.54, 1.807) is 13.2 Å². The van der Waals surface area contributed by atoms with Crippen LogP contribution >= 0.6 is 15.9 Å². The maximum atomic E-state index is 12.5. The number of carbonyl (C=O) groups is 1. The molecule has 100 valence electrons. The van der Waals surface area contributed by atoms with Gasteiger partial charge in [0, 0.05) is 17.6 Å². The van der Waals surface area contributed by atoms with Crippen molar-refractivity contribution in [2.75, 3.05) is 7.11 Å². The minimum Gasteiger partial charge on any atom is -0.496 e. The van der Waals surface area contributed by atoms with Gasteiger partial charge in [0.1, 0.15) is 5.75 Å². The maximum absolute atomic E-state index is 12.5. The van der Waals surface area contributed by atoms with Gasteiger partial charge in [-0.25, -0.2) is 0 Å². The van der Waals surface area contributed by atoms with E-state index in [-0.39, 0.29) is 18.0 Å².